The quantitative estimate of drug-likeness (QED) is 0.311. The highest BCUT2D eigenvalue weighted by molar-refractivity contribution is 5.36. The molecule has 0 unspecified atom stereocenters. The van der Waals surface area contributed by atoms with Gasteiger partial charge in [0.15, 0.2) is 0 Å². The Morgan fingerprint density at radius 1 is 1.31 bits per heavy atom. The van der Waals surface area contributed by atoms with Crippen molar-refractivity contribution in [1.82, 2.24) is 4.90 Å². The Balaban J connectivity index is 3.52. The highest BCUT2D eigenvalue weighted by Gasteiger charge is 2.02. The predicted molar refractivity (Wildman–Crippen MR) is 44.3 cm³/mol. The molecule has 0 aromatic rings. The molecule has 0 saturated heterocycles. The van der Waals surface area contributed by atoms with E-state index in [1.54, 1.807) is 4.90 Å². The van der Waals surface area contributed by atoms with E-state index >= 15 is 0 Å². The summed E-state index contributed by atoms with van der Waals surface area (Å²) >= 11 is 0. The minimum absolute atomic E-state index is 0.231. The van der Waals surface area contributed by atoms with Crippen LogP contribution in [0.15, 0.2) is 0 Å². The van der Waals surface area contributed by atoms with Crippen LogP contribution in [0.5, 0.6) is 0 Å². The molecule has 0 bridgehead atoms. The minimum atomic E-state index is 0.231. The molecule has 0 aliphatic rings. The minimum Gasteiger partial charge on any atom is -0.468 e. The molecule has 0 aliphatic heterocycles. The van der Waals surface area contributed by atoms with Crippen molar-refractivity contribution in [3.05, 3.63) is 0 Å². The second-order valence-corrected chi connectivity index (χ2v) is 2.35. The van der Waals surface area contributed by atoms with Gasteiger partial charge in [-0.05, 0) is 6.42 Å². The van der Waals surface area contributed by atoms with Crippen molar-refractivity contribution in [2.75, 3.05) is 26.2 Å². The first-order valence-corrected chi connectivity index (χ1v) is 3.86. The van der Waals surface area contributed by atoms with Gasteiger partial charge in [-0.3, -0.25) is 9.69 Å². The van der Waals surface area contributed by atoms with Gasteiger partial charge in [0.05, 0.1) is 31.8 Å². The summed E-state index contributed by atoms with van der Waals surface area (Å²) in [6.45, 7) is 1.77. The molecule has 5 nitrogen and oxygen atoms in total. The number of hydrogen-bond acceptors (Lipinski definition) is 5. The van der Waals surface area contributed by atoms with Gasteiger partial charge in [-0.15, -0.1) is 0 Å². The summed E-state index contributed by atoms with van der Waals surface area (Å²) in [7, 11) is 0. The molecule has 0 amide bonds. The average molecular weight is 181 g/mol. The summed E-state index contributed by atoms with van der Waals surface area (Å²) in [5.41, 5.74) is 0. The summed E-state index contributed by atoms with van der Waals surface area (Å²) in [5.74, 6) is 0. The third-order valence-corrected chi connectivity index (χ3v) is 1.39. The lowest BCUT2D eigenvalue weighted by atomic mass is 10.4. The Bertz CT molecular complexity index is 200. The smallest absolute Gasteiger partial charge is 0.293 e. The first-order chi connectivity index (χ1) is 6.35. The molecule has 0 atom stereocenters. The molecule has 0 aromatic heterocycles. The van der Waals surface area contributed by atoms with E-state index in [2.05, 4.69) is 4.74 Å². The fraction of sp³-hybridized carbons (Fsp3) is 0.625. The highest BCUT2D eigenvalue weighted by Crippen LogP contribution is 1.90. The SMILES string of the molecule is N#CCN(CC#N)CCCOC=O. The van der Waals surface area contributed by atoms with Gasteiger partial charge in [0, 0.05) is 6.54 Å². The number of ether oxygens (including phenoxy) is 1. The fourth-order valence-corrected chi connectivity index (χ4v) is 0.834. The number of hydrogen-bond donors (Lipinski definition) is 0. The van der Waals surface area contributed by atoms with E-state index in [9.17, 15) is 4.79 Å². The maximum Gasteiger partial charge on any atom is 0.293 e. The van der Waals surface area contributed by atoms with E-state index in [4.69, 9.17) is 10.5 Å². The van der Waals surface area contributed by atoms with Crippen molar-refractivity contribution in [1.29, 1.82) is 10.5 Å². The Kier molecular flexibility index (Phi) is 7.47. The van der Waals surface area contributed by atoms with Gasteiger partial charge in [-0.2, -0.15) is 10.5 Å². The second-order valence-electron chi connectivity index (χ2n) is 2.35. The monoisotopic (exact) mass is 181 g/mol. The Morgan fingerprint density at radius 2 is 1.92 bits per heavy atom. The van der Waals surface area contributed by atoms with Crippen molar-refractivity contribution in [2.45, 2.75) is 6.42 Å². The molecule has 0 radical (unpaired) electrons. The van der Waals surface area contributed by atoms with E-state index < -0.39 is 0 Å². The van der Waals surface area contributed by atoms with Crippen LogP contribution in [0.2, 0.25) is 0 Å². The van der Waals surface area contributed by atoms with Crippen molar-refractivity contribution in [3.63, 3.8) is 0 Å². The molecular weight excluding hydrogens is 170 g/mol. The summed E-state index contributed by atoms with van der Waals surface area (Å²) in [6.07, 6.45) is 0.641. The van der Waals surface area contributed by atoms with Crippen LogP contribution in [0.25, 0.3) is 0 Å². The third-order valence-electron chi connectivity index (χ3n) is 1.39. The Labute approximate surface area is 77.1 Å². The zero-order chi connectivity index (χ0) is 9.94. The standard InChI is InChI=1S/C8H11N3O2/c9-2-5-11(6-3-10)4-1-7-13-8-12/h8H,1,4-7H2. The summed E-state index contributed by atoms with van der Waals surface area (Å²) in [4.78, 5) is 11.4. The van der Waals surface area contributed by atoms with Gasteiger partial charge in [-0.1, -0.05) is 0 Å². The number of carbonyl (C=O) groups excluding carboxylic acids is 1. The maximum atomic E-state index is 9.76. The fourth-order valence-electron chi connectivity index (χ4n) is 0.834. The lowest BCUT2D eigenvalue weighted by Crippen LogP contribution is -2.26. The van der Waals surface area contributed by atoms with Crippen LogP contribution in [0.1, 0.15) is 6.42 Å². The first-order valence-electron chi connectivity index (χ1n) is 3.86. The van der Waals surface area contributed by atoms with E-state index in [0.29, 0.717) is 26.0 Å². The van der Waals surface area contributed by atoms with Gasteiger partial charge in [0.2, 0.25) is 0 Å². The van der Waals surface area contributed by atoms with Crippen molar-refractivity contribution < 1.29 is 9.53 Å². The van der Waals surface area contributed by atoms with Crippen LogP contribution in [0, 0.1) is 22.7 Å². The number of rotatable bonds is 7. The van der Waals surface area contributed by atoms with Crippen molar-refractivity contribution in [3.8, 4) is 12.1 Å². The van der Waals surface area contributed by atoms with Gasteiger partial charge >= 0.3 is 0 Å². The molecule has 5 heteroatoms. The van der Waals surface area contributed by atoms with E-state index in [0.717, 1.165) is 0 Å². The predicted octanol–water partition coefficient (Wildman–Crippen LogP) is -0.101. The molecule has 0 saturated carbocycles. The molecule has 0 spiro atoms. The van der Waals surface area contributed by atoms with Crippen molar-refractivity contribution >= 4 is 6.47 Å². The van der Waals surface area contributed by atoms with Crippen LogP contribution < -0.4 is 0 Å². The van der Waals surface area contributed by atoms with Gasteiger partial charge < -0.3 is 4.74 Å². The van der Waals surface area contributed by atoms with Crippen LogP contribution in [0.4, 0.5) is 0 Å². The third kappa shape index (κ3) is 6.79. The van der Waals surface area contributed by atoms with Crippen molar-refractivity contribution in [2.24, 2.45) is 0 Å². The molecular formula is C8H11N3O2. The van der Waals surface area contributed by atoms with Gasteiger partial charge in [0.1, 0.15) is 0 Å². The topological polar surface area (TPSA) is 77.1 Å². The van der Waals surface area contributed by atoms with Gasteiger partial charge in [-0.25, -0.2) is 0 Å². The largest absolute Gasteiger partial charge is 0.468 e. The summed E-state index contributed by atoms with van der Waals surface area (Å²) in [5, 5.41) is 16.8. The van der Waals surface area contributed by atoms with Gasteiger partial charge in [0.25, 0.3) is 6.47 Å². The van der Waals surface area contributed by atoms with Crippen LogP contribution >= 0.6 is 0 Å². The number of nitrogens with zero attached hydrogens (tertiary/aromatic N) is 3. The maximum absolute atomic E-state index is 9.76. The summed E-state index contributed by atoms with van der Waals surface area (Å²) in [6, 6.07) is 3.92. The average Bonchev–Trinajstić information content (AvgIpc) is 2.13. The Hall–Kier alpha value is -1.59. The molecule has 0 N–H and O–H groups in total. The van der Waals surface area contributed by atoms with E-state index in [1.165, 1.54) is 0 Å². The molecule has 70 valence electrons. The van der Waals surface area contributed by atoms with Crippen LogP contribution in [-0.2, 0) is 9.53 Å². The first kappa shape index (κ1) is 11.4. The number of carbonyl (C=O) groups is 1. The normalized spacial score (nSPS) is 8.85. The molecule has 13 heavy (non-hydrogen) atoms. The van der Waals surface area contributed by atoms with E-state index in [-0.39, 0.29) is 13.1 Å². The molecule has 0 aliphatic carbocycles. The van der Waals surface area contributed by atoms with E-state index in [1.807, 2.05) is 12.1 Å². The lowest BCUT2D eigenvalue weighted by Gasteiger charge is -2.13. The molecule has 0 fully saturated rings. The highest BCUT2D eigenvalue weighted by atomic mass is 16.5. The molecule has 0 aromatic carbocycles. The number of nitriles is 2. The molecule has 0 heterocycles. The lowest BCUT2D eigenvalue weighted by molar-refractivity contribution is -0.128. The zero-order valence-electron chi connectivity index (χ0n) is 7.27. The van der Waals surface area contributed by atoms with Crippen LogP contribution in [0.3, 0.4) is 0 Å². The zero-order valence-corrected chi connectivity index (χ0v) is 7.27. The van der Waals surface area contributed by atoms with Crippen LogP contribution in [-0.4, -0.2) is 37.6 Å². The second kappa shape index (κ2) is 8.51. The Morgan fingerprint density at radius 3 is 2.38 bits per heavy atom. The summed E-state index contributed by atoms with van der Waals surface area (Å²) < 4.78 is 4.47. The molecule has 0 rings (SSSR count).